The molecule has 8 heteroatoms. The van der Waals surface area contributed by atoms with E-state index in [2.05, 4.69) is 5.32 Å². The van der Waals surface area contributed by atoms with Gasteiger partial charge in [0.2, 0.25) is 5.91 Å². The van der Waals surface area contributed by atoms with E-state index in [0.717, 1.165) is 0 Å². The molecule has 0 bridgehead atoms. The van der Waals surface area contributed by atoms with Crippen LogP contribution >= 0.6 is 11.6 Å². The number of amides is 1. The van der Waals surface area contributed by atoms with E-state index in [9.17, 15) is 13.2 Å². The molecule has 0 aliphatic carbocycles. The first-order valence-electron chi connectivity index (χ1n) is 5.90. The molecule has 0 saturated heterocycles. The third-order valence-corrected chi connectivity index (χ3v) is 4.39. The van der Waals surface area contributed by atoms with Gasteiger partial charge in [-0.3, -0.25) is 4.79 Å². The number of sulfone groups is 1. The molecule has 1 aromatic rings. The molecular weight excluding hydrogens is 304 g/mol. The topological polar surface area (TPSA) is 98.5 Å². The Morgan fingerprint density at radius 3 is 2.75 bits per heavy atom. The Balaban J connectivity index is 2.67. The number of ether oxygens (including phenoxy) is 1. The van der Waals surface area contributed by atoms with Crippen molar-refractivity contribution < 1.29 is 17.9 Å². The van der Waals surface area contributed by atoms with E-state index in [0.29, 0.717) is 24.6 Å². The lowest BCUT2D eigenvalue weighted by Gasteiger charge is -2.08. The molecule has 6 nitrogen and oxygen atoms in total. The Morgan fingerprint density at radius 1 is 1.45 bits per heavy atom. The van der Waals surface area contributed by atoms with E-state index in [1.807, 2.05) is 0 Å². The fourth-order valence-electron chi connectivity index (χ4n) is 1.55. The van der Waals surface area contributed by atoms with Crippen molar-refractivity contribution in [2.75, 3.05) is 31.7 Å². The van der Waals surface area contributed by atoms with Crippen LogP contribution in [0.1, 0.15) is 6.42 Å². The fourth-order valence-corrected chi connectivity index (χ4v) is 3.02. The monoisotopic (exact) mass is 320 g/mol. The minimum atomic E-state index is -3.78. The van der Waals surface area contributed by atoms with Gasteiger partial charge in [0.1, 0.15) is 5.75 Å². The molecule has 3 N–H and O–H groups in total. The van der Waals surface area contributed by atoms with Crippen molar-refractivity contribution in [2.24, 2.45) is 0 Å². The Bertz CT molecular complexity index is 575. The summed E-state index contributed by atoms with van der Waals surface area (Å²) in [7, 11) is -2.23. The first-order chi connectivity index (χ1) is 9.36. The maximum absolute atomic E-state index is 12.1. The molecule has 0 unspecified atom stereocenters. The van der Waals surface area contributed by atoms with Gasteiger partial charge in [0.25, 0.3) is 0 Å². The van der Waals surface area contributed by atoms with E-state index >= 15 is 0 Å². The highest BCUT2D eigenvalue weighted by molar-refractivity contribution is 7.92. The fraction of sp³-hybridized carbons (Fsp3) is 0.417. The van der Waals surface area contributed by atoms with Gasteiger partial charge in [-0.15, -0.1) is 0 Å². The molecule has 0 heterocycles. The van der Waals surface area contributed by atoms with Gasteiger partial charge in [-0.1, -0.05) is 11.6 Å². The van der Waals surface area contributed by atoms with Crippen LogP contribution in [0.4, 0.5) is 5.69 Å². The minimum absolute atomic E-state index is 0.0321. The van der Waals surface area contributed by atoms with Gasteiger partial charge in [-0.2, -0.15) is 0 Å². The summed E-state index contributed by atoms with van der Waals surface area (Å²) in [4.78, 5) is 11.5. The molecule has 0 aromatic heterocycles. The summed E-state index contributed by atoms with van der Waals surface area (Å²) in [5.74, 6) is -1.22. The van der Waals surface area contributed by atoms with Crippen molar-refractivity contribution in [3.8, 4) is 0 Å². The van der Waals surface area contributed by atoms with Gasteiger partial charge < -0.3 is 15.8 Å². The number of hydrogen-bond donors (Lipinski definition) is 2. The van der Waals surface area contributed by atoms with Crippen LogP contribution < -0.4 is 11.1 Å². The Morgan fingerprint density at radius 2 is 2.15 bits per heavy atom. The van der Waals surface area contributed by atoms with Gasteiger partial charge >= 0.3 is 0 Å². The molecule has 0 aliphatic rings. The van der Waals surface area contributed by atoms with Gasteiger partial charge in [-0.05, 0) is 24.6 Å². The number of nitrogens with one attached hydrogen (secondary N) is 1. The molecule has 1 rings (SSSR count). The summed E-state index contributed by atoms with van der Waals surface area (Å²) in [6, 6.07) is 4.05. The Hall–Kier alpha value is -1.31. The molecule has 1 amide bonds. The molecule has 112 valence electrons. The van der Waals surface area contributed by atoms with E-state index in [1.165, 1.54) is 18.2 Å². The molecule has 0 radical (unpaired) electrons. The maximum Gasteiger partial charge on any atom is 0.235 e. The zero-order valence-corrected chi connectivity index (χ0v) is 12.6. The highest BCUT2D eigenvalue weighted by atomic mass is 35.5. The van der Waals surface area contributed by atoms with Crippen LogP contribution in [0, 0.1) is 0 Å². The SMILES string of the molecule is COCCCNC(=O)CS(=O)(=O)c1ccc(Cl)cc1N. The quantitative estimate of drug-likeness (QED) is 0.573. The molecule has 0 atom stereocenters. The molecule has 0 spiro atoms. The summed E-state index contributed by atoms with van der Waals surface area (Å²) >= 11 is 5.71. The number of hydrogen-bond acceptors (Lipinski definition) is 5. The normalized spacial score (nSPS) is 11.3. The van der Waals surface area contributed by atoms with Crippen LogP contribution in [0.2, 0.25) is 5.02 Å². The Labute approximate surface area is 123 Å². The average Bonchev–Trinajstić information content (AvgIpc) is 2.33. The van der Waals surface area contributed by atoms with Crippen LogP contribution in [0.3, 0.4) is 0 Å². The van der Waals surface area contributed by atoms with E-state index in [-0.39, 0.29) is 10.6 Å². The standard InChI is InChI=1S/C12H17ClN2O4S/c1-19-6-2-5-15-12(16)8-20(17,18)11-4-3-9(13)7-10(11)14/h3-4,7H,2,5-6,8,14H2,1H3,(H,15,16). The van der Waals surface area contributed by atoms with Crippen LogP contribution in [-0.2, 0) is 19.4 Å². The van der Waals surface area contributed by atoms with E-state index in [4.69, 9.17) is 22.1 Å². The second-order valence-electron chi connectivity index (χ2n) is 4.14. The molecule has 1 aromatic carbocycles. The first kappa shape index (κ1) is 16.7. The number of anilines is 1. The number of nitrogen functional groups attached to an aromatic ring is 1. The molecule has 0 fully saturated rings. The van der Waals surface area contributed by atoms with Crippen LogP contribution in [0.15, 0.2) is 23.1 Å². The molecular formula is C12H17ClN2O4S. The van der Waals surface area contributed by atoms with Crippen molar-refractivity contribution in [3.63, 3.8) is 0 Å². The predicted molar refractivity (Wildman–Crippen MR) is 77.4 cm³/mol. The summed E-state index contributed by atoms with van der Waals surface area (Å²) < 4.78 is 28.9. The van der Waals surface area contributed by atoms with E-state index in [1.54, 1.807) is 7.11 Å². The minimum Gasteiger partial charge on any atom is -0.398 e. The predicted octanol–water partition coefficient (Wildman–Crippen LogP) is 0.849. The second-order valence-corrected chi connectivity index (χ2v) is 6.53. The maximum atomic E-state index is 12.1. The number of nitrogens with two attached hydrogens (primary N) is 1. The highest BCUT2D eigenvalue weighted by Crippen LogP contribution is 2.23. The molecule has 0 aliphatic heterocycles. The van der Waals surface area contributed by atoms with Crippen molar-refractivity contribution >= 4 is 33.0 Å². The number of carbonyl (C=O) groups excluding carboxylic acids is 1. The van der Waals surface area contributed by atoms with Gasteiger partial charge in [0.05, 0.1) is 10.6 Å². The summed E-state index contributed by atoms with van der Waals surface area (Å²) in [6.07, 6.45) is 0.616. The van der Waals surface area contributed by atoms with Gasteiger partial charge in [0.15, 0.2) is 9.84 Å². The largest absolute Gasteiger partial charge is 0.398 e. The zero-order valence-electron chi connectivity index (χ0n) is 11.1. The Kier molecular flexibility index (Phi) is 6.25. The lowest BCUT2D eigenvalue weighted by Crippen LogP contribution is -2.31. The number of carbonyl (C=O) groups is 1. The third-order valence-electron chi connectivity index (χ3n) is 2.48. The number of halogens is 1. The number of methoxy groups -OCH3 is 1. The smallest absolute Gasteiger partial charge is 0.235 e. The molecule has 20 heavy (non-hydrogen) atoms. The molecule has 0 saturated carbocycles. The second kappa shape index (κ2) is 7.47. The van der Waals surface area contributed by atoms with Crippen LogP contribution in [0.25, 0.3) is 0 Å². The average molecular weight is 321 g/mol. The van der Waals surface area contributed by atoms with Crippen molar-refractivity contribution in [3.05, 3.63) is 23.2 Å². The van der Waals surface area contributed by atoms with Crippen LogP contribution in [-0.4, -0.2) is 40.3 Å². The number of benzene rings is 1. The number of rotatable bonds is 7. The van der Waals surface area contributed by atoms with Gasteiger partial charge in [0, 0.05) is 25.3 Å². The first-order valence-corrected chi connectivity index (χ1v) is 7.93. The summed E-state index contributed by atoms with van der Waals surface area (Å²) in [6.45, 7) is 0.857. The van der Waals surface area contributed by atoms with Crippen molar-refractivity contribution in [1.82, 2.24) is 5.32 Å². The zero-order chi connectivity index (χ0) is 15.2. The van der Waals surface area contributed by atoms with Crippen molar-refractivity contribution in [2.45, 2.75) is 11.3 Å². The lowest BCUT2D eigenvalue weighted by atomic mass is 10.3. The van der Waals surface area contributed by atoms with Crippen molar-refractivity contribution in [1.29, 1.82) is 0 Å². The summed E-state index contributed by atoms with van der Waals surface area (Å²) in [5.41, 5.74) is 5.64. The highest BCUT2D eigenvalue weighted by Gasteiger charge is 2.21. The van der Waals surface area contributed by atoms with Crippen LogP contribution in [0.5, 0.6) is 0 Å². The van der Waals surface area contributed by atoms with Gasteiger partial charge in [-0.25, -0.2) is 8.42 Å². The lowest BCUT2D eigenvalue weighted by molar-refractivity contribution is -0.118. The summed E-state index contributed by atoms with van der Waals surface area (Å²) in [5, 5.41) is 2.85. The van der Waals surface area contributed by atoms with E-state index < -0.39 is 21.5 Å². The third kappa shape index (κ3) is 4.99.